The van der Waals surface area contributed by atoms with Gasteiger partial charge in [-0.1, -0.05) is 23.4 Å². The molecule has 0 aliphatic heterocycles. The fourth-order valence-corrected chi connectivity index (χ4v) is 3.02. The Kier molecular flexibility index (Phi) is 5.11. The maximum absolute atomic E-state index is 12.5. The van der Waals surface area contributed by atoms with E-state index in [-0.39, 0.29) is 27.6 Å². The molecule has 1 amide bonds. The van der Waals surface area contributed by atoms with E-state index in [0.29, 0.717) is 6.20 Å². The number of hydrogen-bond donors (Lipinski definition) is 1. The first-order valence-electron chi connectivity index (χ1n) is 6.73. The molecule has 1 unspecified atom stereocenters. The Morgan fingerprint density at radius 2 is 2.22 bits per heavy atom. The van der Waals surface area contributed by atoms with Gasteiger partial charge in [0.2, 0.25) is 5.91 Å². The van der Waals surface area contributed by atoms with Gasteiger partial charge in [-0.05, 0) is 31.7 Å². The number of nitriles is 1. The van der Waals surface area contributed by atoms with Crippen LogP contribution in [0.2, 0.25) is 5.02 Å². The van der Waals surface area contributed by atoms with Crippen LogP contribution in [-0.2, 0) is 11.0 Å². The van der Waals surface area contributed by atoms with Crippen molar-refractivity contribution >= 4 is 29.3 Å². The molecule has 2 rings (SSSR count). The molecular weight excluding hydrogens is 351 g/mol. The van der Waals surface area contributed by atoms with Crippen LogP contribution in [0.3, 0.4) is 0 Å². The Morgan fingerprint density at radius 1 is 1.57 bits per heavy atom. The van der Waals surface area contributed by atoms with Gasteiger partial charge in [0.25, 0.3) is 0 Å². The molecule has 1 saturated carbocycles. The fraction of sp³-hybridized carbons (Fsp3) is 0.500. The molecule has 0 saturated heterocycles. The number of halogens is 4. The molecule has 23 heavy (non-hydrogen) atoms. The molecule has 0 spiro atoms. The van der Waals surface area contributed by atoms with E-state index >= 15 is 0 Å². The smallest absolute Gasteiger partial charge is 0.337 e. The highest BCUT2D eigenvalue weighted by Crippen LogP contribution is 2.39. The summed E-state index contributed by atoms with van der Waals surface area (Å²) in [6.07, 6.45) is -2.06. The SMILES string of the molecule is CC(C#N)(NC(=O)CSc1ncc(C(F)(F)F)cc1Cl)C1CC1. The lowest BCUT2D eigenvalue weighted by molar-refractivity contribution is -0.137. The third-order valence-electron chi connectivity index (χ3n) is 3.50. The van der Waals surface area contributed by atoms with Crippen LogP contribution in [0.1, 0.15) is 25.3 Å². The van der Waals surface area contributed by atoms with Crippen molar-refractivity contribution in [2.24, 2.45) is 5.92 Å². The molecule has 1 aromatic heterocycles. The van der Waals surface area contributed by atoms with Gasteiger partial charge in [-0.2, -0.15) is 18.4 Å². The van der Waals surface area contributed by atoms with Crippen molar-refractivity contribution < 1.29 is 18.0 Å². The molecule has 0 radical (unpaired) electrons. The molecule has 4 nitrogen and oxygen atoms in total. The highest BCUT2D eigenvalue weighted by Gasteiger charge is 2.43. The molecule has 1 atom stereocenters. The summed E-state index contributed by atoms with van der Waals surface area (Å²) in [5, 5.41) is 11.8. The van der Waals surface area contributed by atoms with Gasteiger partial charge >= 0.3 is 6.18 Å². The molecule has 0 aromatic carbocycles. The average Bonchev–Trinajstić information content (AvgIpc) is 3.29. The van der Waals surface area contributed by atoms with Gasteiger partial charge in [0, 0.05) is 6.20 Å². The summed E-state index contributed by atoms with van der Waals surface area (Å²) < 4.78 is 37.6. The molecule has 1 N–H and O–H groups in total. The van der Waals surface area contributed by atoms with Crippen molar-refractivity contribution in [1.29, 1.82) is 5.26 Å². The zero-order valence-electron chi connectivity index (χ0n) is 12.1. The number of nitrogens with zero attached hydrogens (tertiary/aromatic N) is 2. The van der Waals surface area contributed by atoms with Crippen LogP contribution in [0, 0.1) is 17.2 Å². The highest BCUT2D eigenvalue weighted by atomic mass is 35.5. The summed E-state index contributed by atoms with van der Waals surface area (Å²) in [7, 11) is 0. The summed E-state index contributed by atoms with van der Waals surface area (Å²) in [6.45, 7) is 1.66. The van der Waals surface area contributed by atoms with Gasteiger partial charge in [-0.25, -0.2) is 4.98 Å². The second-order valence-corrected chi connectivity index (χ2v) is 6.81. The third-order valence-corrected chi connectivity index (χ3v) is 4.91. The summed E-state index contributed by atoms with van der Waals surface area (Å²) in [5.41, 5.74) is -1.85. The number of hydrogen-bond acceptors (Lipinski definition) is 4. The molecule has 124 valence electrons. The molecule has 1 heterocycles. The highest BCUT2D eigenvalue weighted by molar-refractivity contribution is 8.00. The van der Waals surface area contributed by atoms with Gasteiger partial charge in [0.15, 0.2) is 0 Å². The van der Waals surface area contributed by atoms with Gasteiger partial charge < -0.3 is 5.32 Å². The molecule has 1 aliphatic carbocycles. The largest absolute Gasteiger partial charge is 0.417 e. The van der Waals surface area contributed by atoms with E-state index in [9.17, 15) is 18.0 Å². The van der Waals surface area contributed by atoms with Gasteiger partial charge in [-0.15, -0.1) is 0 Å². The lowest BCUT2D eigenvalue weighted by Gasteiger charge is -2.22. The number of carbonyl (C=O) groups excluding carboxylic acids is 1. The number of aromatic nitrogens is 1. The van der Waals surface area contributed by atoms with E-state index in [0.717, 1.165) is 30.7 Å². The van der Waals surface area contributed by atoms with Crippen molar-refractivity contribution in [3.63, 3.8) is 0 Å². The van der Waals surface area contributed by atoms with Crippen LogP contribution in [0.25, 0.3) is 0 Å². The fourth-order valence-electron chi connectivity index (χ4n) is 2.03. The van der Waals surface area contributed by atoms with Crippen molar-refractivity contribution in [2.45, 2.75) is 36.5 Å². The number of thioether (sulfide) groups is 1. The topological polar surface area (TPSA) is 65.8 Å². The molecule has 1 fully saturated rings. The maximum Gasteiger partial charge on any atom is 0.417 e. The first-order chi connectivity index (χ1) is 10.7. The molecule has 1 aliphatic rings. The predicted octanol–water partition coefficient (Wildman–Crippen LogP) is 3.65. The minimum Gasteiger partial charge on any atom is -0.337 e. The summed E-state index contributed by atoms with van der Waals surface area (Å²) in [6, 6.07) is 2.87. The van der Waals surface area contributed by atoms with Crippen LogP contribution < -0.4 is 5.32 Å². The standard InChI is InChI=1S/C14H13ClF3N3OS/c1-13(7-19,8-2-3-8)21-11(22)6-23-12-10(15)4-9(5-20-12)14(16,17)18/h4-5,8H,2-3,6H2,1H3,(H,21,22). The number of alkyl halides is 3. The summed E-state index contributed by atoms with van der Waals surface area (Å²) in [4.78, 5) is 15.6. The molecular formula is C14H13ClF3N3OS. The lowest BCUT2D eigenvalue weighted by Crippen LogP contribution is -2.47. The van der Waals surface area contributed by atoms with Crippen molar-refractivity contribution in [3.05, 3.63) is 22.8 Å². The van der Waals surface area contributed by atoms with Crippen LogP contribution >= 0.6 is 23.4 Å². The van der Waals surface area contributed by atoms with Crippen LogP contribution in [-0.4, -0.2) is 22.2 Å². The number of amides is 1. The average molecular weight is 364 g/mol. The number of nitrogens with one attached hydrogen (secondary N) is 1. The van der Waals surface area contributed by atoms with Crippen LogP contribution in [0.4, 0.5) is 13.2 Å². The van der Waals surface area contributed by atoms with Crippen molar-refractivity contribution in [3.8, 4) is 6.07 Å². The predicted molar refractivity (Wildman–Crippen MR) is 79.9 cm³/mol. The Bertz CT molecular complexity index is 658. The van der Waals surface area contributed by atoms with Crippen molar-refractivity contribution in [1.82, 2.24) is 10.3 Å². The van der Waals surface area contributed by atoms with E-state index in [4.69, 9.17) is 16.9 Å². The quantitative estimate of drug-likeness (QED) is 0.811. The van der Waals surface area contributed by atoms with Gasteiger partial charge in [0.1, 0.15) is 10.6 Å². The lowest BCUT2D eigenvalue weighted by atomic mass is 9.98. The Morgan fingerprint density at radius 3 is 2.70 bits per heavy atom. The molecule has 1 aromatic rings. The maximum atomic E-state index is 12.5. The first kappa shape index (κ1) is 17.9. The van der Waals surface area contributed by atoms with E-state index in [1.807, 2.05) is 0 Å². The number of rotatable bonds is 5. The van der Waals surface area contributed by atoms with E-state index in [1.54, 1.807) is 6.92 Å². The third kappa shape index (κ3) is 4.52. The van der Waals surface area contributed by atoms with E-state index in [1.165, 1.54) is 0 Å². The first-order valence-corrected chi connectivity index (χ1v) is 8.10. The zero-order valence-corrected chi connectivity index (χ0v) is 13.6. The van der Waals surface area contributed by atoms with Crippen molar-refractivity contribution in [2.75, 3.05) is 5.75 Å². The van der Waals surface area contributed by atoms with E-state index in [2.05, 4.69) is 16.4 Å². The van der Waals surface area contributed by atoms with Crippen LogP contribution in [0.5, 0.6) is 0 Å². The Hall–Kier alpha value is -1.46. The molecule has 0 bridgehead atoms. The Balaban J connectivity index is 1.96. The summed E-state index contributed by atoms with van der Waals surface area (Å²) in [5.74, 6) is -0.319. The monoisotopic (exact) mass is 363 g/mol. The second-order valence-electron chi connectivity index (χ2n) is 5.43. The van der Waals surface area contributed by atoms with Gasteiger partial charge in [-0.3, -0.25) is 4.79 Å². The second kappa shape index (κ2) is 6.57. The van der Waals surface area contributed by atoms with E-state index < -0.39 is 17.3 Å². The normalized spacial score (nSPS) is 17.2. The zero-order chi connectivity index (χ0) is 17.3. The van der Waals surface area contributed by atoms with Crippen LogP contribution in [0.15, 0.2) is 17.3 Å². The van der Waals surface area contributed by atoms with Gasteiger partial charge in [0.05, 0.1) is 22.4 Å². The Labute approximate surface area is 140 Å². The number of pyridine rings is 1. The minimum atomic E-state index is -4.52. The molecule has 9 heteroatoms. The minimum absolute atomic E-state index is 0.0813. The number of carbonyl (C=O) groups is 1. The summed E-state index contributed by atoms with van der Waals surface area (Å²) >= 11 is 6.70.